The van der Waals surface area contributed by atoms with Crippen molar-refractivity contribution in [2.75, 3.05) is 50.8 Å². The Bertz CT molecular complexity index is 1440. The first-order chi connectivity index (χ1) is 19.9. The first-order valence-corrected chi connectivity index (χ1v) is 15.1. The smallest absolute Gasteiger partial charge is 0.254 e. The number of benzene rings is 2. The van der Waals surface area contributed by atoms with Crippen LogP contribution in [0.25, 0.3) is 10.9 Å². The van der Waals surface area contributed by atoms with Crippen molar-refractivity contribution in [3.8, 4) is 5.75 Å². The van der Waals surface area contributed by atoms with Crippen LogP contribution in [0.3, 0.4) is 0 Å². The molecule has 3 fully saturated rings. The van der Waals surface area contributed by atoms with Gasteiger partial charge in [-0.1, -0.05) is 6.07 Å². The molecule has 0 radical (unpaired) electrons. The molecule has 5 heterocycles. The number of morpholine rings is 1. The molecule has 9 heteroatoms. The summed E-state index contributed by atoms with van der Waals surface area (Å²) in [5.74, 6) is 1.80. The monoisotopic (exact) mass is 556 g/mol. The molecule has 0 spiro atoms. The van der Waals surface area contributed by atoms with Gasteiger partial charge in [-0.2, -0.15) is 0 Å². The number of aromatic nitrogens is 2. The molecular formula is C32H40N6O3. The SMILES string of the molecule is CC1(C)COCCN1c1ncc2cc(CN3CC[C@H](Oc4ccc5c(c4)CN(C4CCCNC4)C5=O)C3)ccc2n1. The van der Waals surface area contributed by atoms with E-state index in [9.17, 15) is 4.79 Å². The Morgan fingerprint density at radius 2 is 2.07 bits per heavy atom. The average molecular weight is 557 g/mol. The van der Waals surface area contributed by atoms with Crippen LogP contribution in [0.15, 0.2) is 42.6 Å². The van der Waals surface area contributed by atoms with Crippen LogP contribution in [0.5, 0.6) is 5.75 Å². The van der Waals surface area contributed by atoms with Crippen LogP contribution in [-0.2, 0) is 17.8 Å². The number of ether oxygens (including phenoxy) is 2. The zero-order valence-corrected chi connectivity index (χ0v) is 24.1. The van der Waals surface area contributed by atoms with Crippen LogP contribution in [0.2, 0.25) is 0 Å². The van der Waals surface area contributed by atoms with E-state index in [0.717, 1.165) is 92.3 Å². The second kappa shape index (κ2) is 10.9. The Labute approximate surface area is 241 Å². The van der Waals surface area contributed by atoms with Gasteiger partial charge in [0.2, 0.25) is 5.95 Å². The highest BCUT2D eigenvalue weighted by molar-refractivity contribution is 5.98. The molecule has 216 valence electrons. The minimum atomic E-state index is -0.121. The second-order valence-corrected chi connectivity index (χ2v) is 12.6. The van der Waals surface area contributed by atoms with Crippen LogP contribution in [-0.4, -0.2) is 89.3 Å². The molecule has 2 aromatic carbocycles. The minimum Gasteiger partial charge on any atom is -0.489 e. The lowest BCUT2D eigenvalue weighted by Crippen LogP contribution is -2.53. The number of hydrogen-bond acceptors (Lipinski definition) is 8. The molecule has 9 nitrogen and oxygen atoms in total. The highest BCUT2D eigenvalue weighted by atomic mass is 16.5. The molecule has 2 atom stereocenters. The molecule has 1 aromatic heterocycles. The standard InChI is InChI=1S/C32H40N6O3/c1-32(2)21-40-13-12-38(32)31-34-16-23-14-22(5-8-29(23)35-31)18-36-11-9-27(20-36)41-26-6-7-28-24(15-26)19-37(30(28)39)25-4-3-10-33-17-25/h5-8,14-16,25,27,33H,3-4,9-13,17-21H2,1-2H3/t25?,27-/m0/s1. The third kappa shape index (κ3) is 5.38. The van der Waals surface area contributed by atoms with Crippen molar-refractivity contribution in [3.63, 3.8) is 0 Å². The summed E-state index contributed by atoms with van der Waals surface area (Å²) in [6.45, 7) is 11.9. The van der Waals surface area contributed by atoms with Gasteiger partial charge in [0.25, 0.3) is 5.91 Å². The number of carbonyl (C=O) groups excluding carboxylic acids is 1. The summed E-state index contributed by atoms with van der Waals surface area (Å²) in [5.41, 5.74) is 4.03. The second-order valence-electron chi connectivity index (χ2n) is 12.6. The van der Waals surface area contributed by atoms with Crippen molar-refractivity contribution in [2.45, 2.75) is 63.9 Å². The summed E-state index contributed by atoms with van der Waals surface area (Å²) in [6.07, 6.45) is 5.29. The molecule has 1 unspecified atom stereocenters. The van der Waals surface area contributed by atoms with E-state index < -0.39 is 0 Å². The van der Waals surface area contributed by atoms with Crippen LogP contribution in [0, 0.1) is 0 Å². The van der Waals surface area contributed by atoms with Gasteiger partial charge in [-0.15, -0.1) is 0 Å². The number of anilines is 1. The minimum absolute atomic E-state index is 0.121. The predicted octanol–water partition coefficient (Wildman–Crippen LogP) is 3.61. The first-order valence-electron chi connectivity index (χ1n) is 15.1. The maximum atomic E-state index is 13.0. The lowest BCUT2D eigenvalue weighted by Gasteiger charge is -2.42. The fourth-order valence-corrected chi connectivity index (χ4v) is 6.81. The molecule has 1 N–H and O–H groups in total. The Balaban J connectivity index is 0.965. The number of carbonyl (C=O) groups is 1. The average Bonchev–Trinajstić information content (AvgIpc) is 3.56. The summed E-state index contributed by atoms with van der Waals surface area (Å²) < 4.78 is 12.1. The number of amides is 1. The highest BCUT2D eigenvalue weighted by Gasteiger charge is 2.34. The van der Waals surface area contributed by atoms with E-state index in [2.05, 4.69) is 53.2 Å². The zero-order chi connectivity index (χ0) is 28.0. The van der Waals surface area contributed by atoms with Crippen molar-refractivity contribution in [1.29, 1.82) is 0 Å². The van der Waals surface area contributed by atoms with Crippen LogP contribution < -0.4 is 15.0 Å². The summed E-state index contributed by atoms with van der Waals surface area (Å²) >= 11 is 0. The van der Waals surface area contributed by atoms with Crippen molar-refractivity contribution < 1.29 is 14.3 Å². The maximum absolute atomic E-state index is 13.0. The van der Waals surface area contributed by atoms with Crippen molar-refractivity contribution in [2.24, 2.45) is 0 Å². The van der Waals surface area contributed by atoms with Gasteiger partial charge in [0.1, 0.15) is 11.9 Å². The molecule has 3 saturated heterocycles. The van der Waals surface area contributed by atoms with Crippen LogP contribution in [0.1, 0.15) is 54.6 Å². The lowest BCUT2D eigenvalue weighted by molar-refractivity contribution is 0.0634. The van der Waals surface area contributed by atoms with E-state index >= 15 is 0 Å². The van der Waals surface area contributed by atoms with Crippen LogP contribution >= 0.6 is 0 Å². The molecule has 41 heavy (non-hydrogen) atoms. The van der Waals surface area contributed by atoms with Gasteiger partial charge in [0.15, 0.2) is 0 Å². The normalized spacial score (nSPS) is 24.7. The van der Waals surface area contributed by atoms with Crippen molar-refractivity contribution >= 4 is 22.8 Å². The molecule has 1 amide bonds. The highest BCUT2D eigenvalue weighted by Crippen LogP contribution is 2.31. The van der Waals surface area contributed by atoms with Gasteiger partial charge >= 0.3 is 0 Å². The molecule has 0 bridgehead atoms. The van der Waals surface area contributed by atoms with E-state index in [1.165, 1.54) is 5.56 Å². The molecule has 4 aliphatic heterocycles. The molecule has 7 rings (SSSR count). The number of nitrogens with one attached hydrogen (secondary N) is 1. The summed E-state index contributed by atoms with van der Waals surface area (Å²) in [6, 6.07) is 12.8. The van der Waals surface area contributed by atoms with E-state index in [1.54, 1.807) is 0 Å². The number of piperidine rings is 1. The Morgan fingerprint density at radius 1 is 1.15 bits per heavy atom. The quantitative estimate of drug-likeness (QED) is 0.493. The maximum Gasteiger partial charge on any atom is 0.254 e. The van der Waals surface area contributed by atoms with E-state index in [-0.39, 0.29) is 23.6 Å². The third-order valence-electron chi connectivity index (χ3n) is 9.08. The van der Waals surface area contributed by atoms with E-state index in [0.29, 0.717) is 19.8 Å². The predicted molar refractivity (Wildman–Crippen MR) is 158 cm³/mol. The lowest BCUT2D eigenvalue weighted by atomic mass is 10.0. The summed E-state index contributed by atoms with van der Waals surface area (Å²) in [7, 11) is 0. The fraction of sp³-hybridized carbons (Fsp3) is 0.531. The molecule has 0 aliphatic carbocycles. The Kier molecular flexibility index (Phi) is 7.05. The van der Waals surface area contributed by atoms with Gasteiger partial charge in [-0.05, 0) is 81.1 Å². The Hall–Kier alpha value is -3.27. The largest absolute Gasteiger partial charge is 0.489 e. The number of likely N-dealkylation sites (tertiary alicyclic amines) is 1. The topological polar surface area (TPSA) is 83.1 Å². The van der Waals surface area contributed by atoms with Crippen molar-refractivity contribution in [3.05, 3.63) is 59.3 Å². The van der Waals surface area contributed by atoms with Gasteiger partial charge in [0.05, 0.1) is 24.3 Å². The number of nitrogens with zero attached hydrogens (tertiary/aromatic N) is 5. The van der Waals surface area contributed by atoms with Gasteiger partial charge in [-0.3, -0.25) is 9.69 Å². The number of rotatable bonds is 6. The van der Waals surface area contributed by atoms with E-state index in [4.69, 9.17) is 19.4 Å². The van der Waals surface area contributed by atoms with Gasteiger partial charge < -0.3 is 24.6 Å². The summed E-state index contributed by atoms with van der Waals surface area (Å²) in [4.78, 5) is 29.3. The number of hydrogen-bond donors (Lipinski definition) is 1. The van der Waals surface area contributed by atoms with Crippen molar-refractivity contribution in [1.82, 2.24) is 25.1 Å². The van der Waals surface area contributed by atoms with Gasteiger partial charge in [-0.25, -0.2) is 9.97 Å². The summed E-state index contributed by atoms with van der Waals surface area (Å²) in [5, 5.41) is 4.50. The Morgan fingerprint density at radius 3 is 2.93 bits per heavy atom. The van der Waals surface area contributed by atoms with E-state index in [1.807, 2.05) is 23.2 Å². The van der Waals surface area contributed by atoms with Crippen LogP contribution in [0.4, 0.5) is 5.95 Å². The fourth-order valence-electron chi connectivity index (χ4n) is 6.81. The first kappa shape index (κ1) is 26.6. The van der Waals surface area contributed by atoms with Gasteiger partial charge in [0, 0.05) is 62.5 Å². The third-order valence-corrected chi connectivity index (χ3v) is 9.08. The zero-order valence-electron chi connectivity index (χ0n) is 24.1. The molecular weight excluding hydrogens is 516 g/mol. The molecule has 3 aromatic rings. The molecule has 4 aliphatic rings. The molecule has 0 saturated carbocycles. The number of fused-ring (bicyclic) bond motifs is 2.